The standard InChI is InChI=1S/C3H9N.C2H4.H4N2/c1-2-3-4;2*1-2/h2-4H2,1H3;2*1-2H2. The number of hydrogen-bond donors (Lipinski definition) is 3. The van der Waals surface area contributed by atoms with E-state index >= 15 is 0 Å². The molecule has 0 radical (unpaired) electrons. The van der Waals surface area contributed by atoms with E-state index in [4.69, 9.17) is 5.73 Å². The van der Waals surface area contributed by atoms with Crippen molar-refractivity contribution in [2.24, 2.45) is 17.4 Å². The summed E-state index contributed by atoms with van der Waals surface area (Å²) < 4.78 is 0. The summed E-state index contributed by atoms with van der Waals surface area (Å²) in [5, 5.41) is 0. The minimum atomic E-state index is 0.819. The molecule has 0 aliphatic carbocycles. The summed E-state index contributed by atoms with van der Waals surface area (Å²) >= 11 is 0. The molecule has 3 heteroatoms. The van der Waals surface area contributed by atoms with Gasteiger partial charge < -0.3 is 5.73 Å². The Bertz CT molecular complexity index is 15.1. The van der Waals surface area contributed by atoms with Crippen molar-refractivity contribution in [2.75, 3.05) is 6.54 Å². The van der Waals surface area contributed by atoms with Crippen molar-refractivity contribution in [3.63, 3.8) is 0 Å². The number of hydrogen-bond acceptors (Lipinski definition) is 3. The van der Waals surface area contributed by atoms with E-state index in [0.29, 0.717) is 0 Å². The van der Waals surface area contributed by atoms with Crippen LogP contribution in [0.1, 0.15) is 13.3 Å². The quantitative estimate of drug-likeness (QED) is 0.258. The van der Waals surface area contributed by atoms with Gasteiger partial charge in [0.2, 0.25) is 0 Å². The average molecular weight is 119 g/mol. The first-order valence-electron chi connectivity index (χ1n) is 2.45. The van der Waals surface area contributed by atoms with Gasteiger partial charge in [-0.1, -0.05) is 6.92 Å². The molecule has 0 aromatic heterocycles. The maximum atomic E-state index is 5.03. The molecule has 0 amide bonds. The fourth-order valence-corrected chi connectivity index (χ4v) is 0. The summed E-state index contributed by atoms with van der Waals surface area (Å²) in [6.45, 7) is 8.88. The Kier molecular flexibility index (Phi) is 156. The van der Waals surface area contributed by atoms with Gasteiger partial charge in [-0.25, -0.2) is 0 Å². The molecule has 0 unspecified atom stereocenters. The minimum absolute atomic E-state index is 0.819. The lowest BCUT2D eigenvalue weighted by Gasteiger charge is -1.70. The van der Waals surface area contributed by atoms with Gasteiger partial charge in [0.05, 0.1) is 0 Å². The van der Waals surface area contributed by atoms with Crippen LogP contribution in [0.2, 0.25) is 0 Å². The van der Waals surface area contributed by atoms with Crippen molar-refractivity contribution in [1.82, 2.24) is 0 Å². The molecule has 0 atom stereocenters. The highest BCUT2D eigenvalue weighted by molar-refractivity contribution is 4.22. The SMILES string of the molecule is C=C.CCCN.NN. The molecule has 0 aromatic rings. The van der Waals surface area contributed by atoms with Gasteiger partial charge in [-0.2, -0.15) is 0 Å². The van der Waals surface area contributed by atoms with Gasteiger partial charge in [0.15, 0.2) is 0 Å². The third-order valence-corrected chi connectivity index (χ3v) is 0.289. The lowest BCUT2D eigenvalue weighted by Crippen LogP contribution is -2.02. The predicted octanol–water partition coefficient (Wildman–Crippen LogP) is -0.0239. The Hall–Kier alpha value is -0.380. The van der Waals surface area contributed by atoms with Gasteiger partial charge in [0.1, 0.15) is 0 Å². The number of hydrazine groups is 1. The highest BCUT2D eigenvalue weighted by Crippen LogP contribution is 1.57. The smallest absolute Gasteiger partial charge is 0.00799 e. The van der Waals surface area contributed by atoms with Crippen molar-refractivity contribution in [2.45, 2.75) is 13.3 Å². The second-order valence-corrected chi connectivity index (χ2v) is 0.789. The van der Waals surface area contributed by atoms with E-state index in [1.165, 1.54) is 0 Å². The Labute approximate surface area is 51.5 Å². The third-order valence-electron chi connectivity index (χ3n) is 0.289. The second kappa shape index (κ2) is 79.7. The van der Waals surface area contributed by atoms with Crippen molar-refractivity contribution in [3.05, 3.63) is 13.2 Å². The van der Waals surface area contributed by atoms with Gasteiger partial charge in [-0.15, -0.1) is 13.2 Å². The van der Waals surface area contributed by atoms with Crippen LogP contribution in [-0.4, -0.2) is 6.54 Å². The Morgan fingerprint density at radius 2 is 1.38 bits per heavy atom. The highest BCUT2D eigenvalue weighted by atomic mass is 15.0. The normalized spacial score (nSPS) is 5.00. The molecule has 0 saturated heterocycles. The molecular formula is C5H17N3. The van der Waals surface area contributed by atoms with Crippen molar-refractivity contribution >= 4 is 0 Å². The van der Waals surface area contributed by atoms with Crippen LogP contribution in [-0.2, 0) is 0 Å². The average Bonchev–Trinajstić information content (AvgIpc) is 1.96. The lowest BCUT2D eigenvalue weighted by atomic mass is 10.5. The maximum Gasteiger partial charge on any atom is -0.00799 e. The van der Waals surface area contributed by atoms with Gasteiger partial charge in [-0.3, -0.25) is 11.7 Å². The maximum absolute atomic E-state index is 5.03. The molecule has 0 aliphatic heterocycles. The van der Waals surface area contributed by atoms with Crippen LogP contribution in [0.5, 0.6) is 0 Å². The van der Waals surface area contributed by atoms with Gasteiger partial charge >= 0.3 is 0 Å². The van der Waals surface area contributed by atoms with Crippen LogP contribution in [0, 0.1) is 0 Å². The Morgan fingerprint density at radius 1 is 1.25 bits per heavy atom. The second-order valence-electron chi connectivity index (χ2n) is 0.789. The van der Waals surface area contributed by atoms with Crippen molar-refractivity contribution in [3.8, 4) is 0 Å². The third kappa shape index (κ3) is 312. The zero-order chi connectivity index (χ0) is 7.41. The molecule has 0 bridgehead atoms. The first kappa shape index (κ1) is 15.6. The summed E-state index contributed by atoms with van der Waals surface area (Å²) in [6.07, 6.45) is 1.10. The van der Waals surface area contributed by atoms with Crippen molar-refractivity contribution < 1.29 is 0 Å². The molecule has 0 rings (SSSR count). The molecule has 52 valence electrons. The fraction of sp³-hybridized carbons (Fsp3) is 0.600. The molecule has 0 heterocycles. The topological polar surface area (TPSA) is 78.1 Å². The fourth-order valence-electron chi connectivity index (χ4n) is 0. The molecular weight excluding hydrogens is 102 g/mol. The van der Waals surface area contributed by atoms with E-state index in [1.54, 1.807) is 0 Å². The lowest BCUT2D eigenvalue weighted by molar-refractivity contribution is 0.932. The predicted molar refractivity (Wildman–Crippen MR) is 39.0 cm³/mol. The molecule has 0 fully saturated rings. The summed E-state index contributed by atoms with van der Waals surface area (Å²) in [4.78, 5) is 0. The van der Waals surface area contributed by atoms with Gasteiger partial charge in [0, 0.05) is 0 Å². The van der Waals surface area contributed by atoms with Crippen molar-refractivity contribution in [1.29, 1.82) is 0 Å². The van der Waals surface area contributed by atoms with Crippen LogP contribution in [0.3, 0.4) is 0 Å². The zero-order valence-electron chi connectivity index (χ0n) is 5.56. The van der Waals surface area contributed by atoms with E-state index in [1.807, 2.05) is 0 Å². The van der Waals surface area contributed by atoms with E-state index in [-0.39, 0.29) is 0 Å². The molecule has 0 aliphatic rings. The van der Waals surface area contributed by atoms with Gasteiger partial charge in [-0.05, 0) is 13.0 Å². The van der Waals surface area contributed by atoms with E-state index < -0.39 is 0 Å². The molecule has 0 aromatic carbocycles. The summed E-state index contributed by atoms with van der Waals surface area (Å²) in [5.41, 5.74) is 5.03. The number of nitrogens with two attached hydrogens (primary N) is 3. The summed E-state index contributed by atoms with van der Waals surface area (Å²) in [7, 11) is 0. The summed E-state index contributed by atoms with van der Waals surface area (Å²) in [6, 6.07) is 0. The summed E-state index contributed by atoms with van der Waals surface area (Å²) in [5.74, 6) is 8.00. The first-order valence-corrected chi connectivity index (χ1v) is 2.45. The molecule has 0 saturated carbocycles. The largest absolute Gasteiger partial charge is 0.330 e. The van der Waals surface area contributed by atoms with Crippen LogP contribution in [0.4, 0.5) is 0 Å². The minimum Gasteiger partial charge on any atom is -0.330 e. The van der Waals surface area contributed by atoms with Crippen LogP contribution >= 0.6 is 0 Å². The van der Waals surface area contributed by atoms with E-state index in [9.17, 15) is 0 Å². The molecule has 8 heavy (non-hydrogen) atoms. The molecule has 6 N–H and O–H groups in total. The highest BCUT2D eigenvalue weighted by Gasteiger charge is 1.55. The Morgan fingerprint density at radius 3 is 1.38 bits per heavy atom. The van der Waals surface area contributed by atoms with E-state index in [2.05, 4.69) is 31.8 Å². The van der Waals surface area contributed by atoms with Gasteiger partial charge in [0.25, 0.3) is 0 Å². The van der Waals surface area contributed by atoms with E-state index in [0.717, 1.165) is 13.0 Å². The van der Waals surface area contributed by atoms with Crippen LogP contribution in [0.25, 0.3) is 0 Å². The monoisotopic (exact) mass is 119 g/mol. The van der Waals surface area contributed by atoms with Crippen LogP contribution < -0.4 is 17.4 Å². The number of rotatable bonds is 1. The molecule has 3 nitrogen and oxygen atoms in total. The zero-order valence-corrected chi connectivity index (χ0v) is 5.56. The first-order chi connectivity index (χ1) is 3.91. The van der Waals surface area contributed by atoms with Crippen LogP contribution in [0.15, 0.2) is 13.2 Å². The molecule has 0 spiro atoms. The Balaban J connectivity index is -0.0000000542.